The number of sulfonamides is 1. The zero-order valence-corrected chi connectivity index (χ0v) is 11.6. The van der Waals surface area contributed by atoms with Gasteiger partial charge in [-0.2, -0.15) is 0 Å². The summed E-state index contributed by atoms with van der Waals surface area (Å²) in [5.74, 6) is 0.157. The zero-order chi connectivity index (χ0) is 12.7. The van der Waals surface area contributed by atoms with Crippen LogP contribution in [0, 0.1) is 0 Å². The number of likely N-dealkylation sites (N-methyl/N-ethyl adjacent to an activating group) is 1. The molecule has 1 unspecified atom stereocenters. The first-order valence-electron chi connectivity index (χ1n) is 6.32. The molecule has 1 saturated heterocycles. The van der Waals surface area contributed by atoms with E-state index in [1.165, 1.54) is 4.31 Å². The summed E-state index contributed by atoms with van der Waals surface area (Å²) in [5.41, 5.74) is 0. The number of nitrogens with zero attached hydrogens (tertiary/aromatic N) is 1. The molecule has 1 rings (SSSR count). The quantitative estimate of drug-likeness (QED) is 0.677. The first kappa shape index (κ1) is 14.9. The molecule has 1 N–H and O–H groups in total. The summed E-state index contributed by atoms with van der Waals surface area (Å²) in [5, 5.41) is 3.03. The van der Waals surface area contributed by atoms with Gasteiger partial charge in [-0.1, -0.05) is 6.92 Å². The number of hydrogen-bond acceptors (Lipinski definition) is 4. The minimum absolute atomic E-state index is 0.0719. The zero-order valence-electron chi connectivity index (χ0n) is 10.8. The predicted octanol–water partition coefficient (Wildman–Crippen LogP) is 0.427. The lowest BCUT2D eigenvalue weighted by Gasteiger charge is -2.27. The van der Waals surface area contributed by atoms with Crippen LogP contribution in [-0.2, 0) is 14.8 Å². The van der Waals surface area contributed by atoms with E-state index in [1.807, 2.05) is 6.92 Å². The second kappa shape index (κ2) is 7.31. The second-order valence-corrected chi connectivity index (χ2v) is 6.63. The van der Waals surface area contributed by atoms with Crippen molar-refractivity contribution in [3.63, 3.8) is 0 Å². The van der Waals surface area contributed by atoms with E-state index >= 15 is 0 Å². The molecule has 17 heavy (non-hydrogen) atoms. The number of hydrogen-bond donors (Lipinski definition) is 1. The first-order chi connectivity index (χ1) is 8.06. The standard InChI is InChI=1S/C11H24N2O3S/c1-3-12-7-9-17(14,15)13(2)10-11-6-4-5-8-16-11/h11-12H,3-10H2,1-2H3. The van der Waals surface area contributed by atoms with E-state index in [4.69, 9.17) is 4.74 Å². The highest BCUT2D eigenvalue weighted by Crippen LogP contribution is 2.14. The lowest BCUT2D eigenvalue weighted by molar-refractivity contribution is 0.00859. The van der Waals surface area contributed by atoms with Gasteiger partial charge in [0.1, 0.15) is 0 Å². The molecule has 0 aliphatic carbocycles. The number of rotatable bonds is 7. The molecular weight excluding hydrogens is 240 g/mol. The Morgan fingerprint density at radius 2 is 2.18 bits per heavy atom. The van der Waals surface area contributed by atoms with E-state index in [-0.39, 0.29) is 11.9 Å². The maximum Gasteiger partial charge on any atom is 0.215 e. The molecular formula is C11H24N2O3S. The molecule has 1 fully saturated rings. The van der Waals surface area contributed by atoms with Gasteiger partial charge in [-0.05, 0) is 25.8 Å². The highest BCUT2D eigenvalue weighted by atomic mass is 32.2. The minimum Gasteiger partial charge on any atom is -0.377 e. The Hall–Kier alpha value is -0.170. The third-order valence-electron chi connectivity index (χ3n) is 3.00. The van der Waals surface area contributed by atoms with E-state index in [1.54, 1.807) is 7.05 Å². The largest absolute Gasteiger partial charge is 0.377 e. The summed E-state index contributed by atoms with van der Waals surface area (Å²) in [6.07, 6.45) is 3.26. The normalized spacial score (nSPS) is 21.9. The topological polar surface area (TPSA) is 58.6 Å². The Balaban J connectivity index is 2.36. The van der Waals surface area contributed by atoms with Gasteiger partial charge in [-0.3, -0.25) is 0 Å². The molecule has 0 aromatic heterocycles. The van der Waals surface area contributed by atoms with Crippen LogP contribution in [0.15, 0.2) is 0 Å². The molecule has 1 aliphatic heterocycles. The Bertz CT molecular complexity index is 300. The average molecular weight is 264 g/mol. The third-order valence-corrected chi connectivity index (χ3v) is 4.82. The summed E-state index contributed by atoms with van der Waals surface area (Å²) in [4.78, 5) is 0. The molecule has 102 valence electrons. The number of ether oxygens (including phenoxy) is 1. The Kier molecular flexibility index (Phi) is 6.40. The van der Waals surface area contributed by atoms with Gasteiger partial charge >= 0.3 is 0 Å². The van der Waals surface area contributed by atoms with Crippen molar-refractivity contribution in [3.05, 3.63) is 0 Å². The van der Waals surface area contributed by atoms with Crippen molar-refractivity contribution in [3.8, 4) is 0 Å². The molecule has 0 saturated carbocycles. The SMILES string of the molecule is CCNCCS(=O)(=O)N(C)CC1CCCCO1. The highest BCUT2D eigenvalue weighted by molar-refractivity contribution is 7.89. The van der Waals surface area contributed by atoms with Gasteiger partial charge in [0.15, 0.2) is 0 Å². The van der Waals surface area contributed by atoms with E-state index in [0.717, 1.165) is 32.4 Å². The van der Waals surface area contributed by atoms with Crippen LogP contribution in [0.5, 0.6) is 0 Å². The van der Waals surface area contributed by atoms with Crippen LogP contribution in [0.2, 0.25) is 0 Å². The molecule has 1 heterocycles. The minimum atomic E-state index is -3.14. The van der Waals surface area contributed by atoms with Crippen LogP contribution in [0.4, 0.5) is 0 Å². The molecule has 0 bridgehead atoms. The molecule has 0 aromatic carbocycles. The lowest BCUT2D eigenvalue weighted by Crippen LogP contribution is -2.40. The first-order valence-corrected chi connectivity index (χ1v) is 7.93. The maximum absolute atomic E-state index is 11.9. The molecule has 1 aliphatic rings. The van der Waals surface area contributed by atoms with Crippen LogP contribution >= 0.6 is 0 Å². The van der Waals surface area contributed by atoms with Crippen molar-refractivity contribution in [2.75, 3.05) is 39.0 Å². The van der Waals surface area contributed by atoms with Crippen molar-refractivity contribution in [1.82, 2.24) is 9.62 Å². The van der Waals surface area contributed by atoms with Gasteiger partial charge in [0, 0.05) is 26.7 Å². The molecule has 6 heteroatoms. The van der Waals surface area contributed by atoms with Gasteiger partial charge < -0.3 is 10.1 Å². The molecule has 0 aromatic rings. The van der Waals surface area contributed by atoms with E-state index in [2.05, 4.69) is 5.32 Å². The van der Waals surface area contributed by atoms with E-state index in [9.17, 15) is 8.42 Å². The van der Waals surface area contributed by atoms with Crippen molar-refractivity contribution in [1.29, 1.82) is 0 Å². The van der Waals surface area contributed by atoms with Crippen molar-refractivity contribution < 1.29 is 13.2 Å². The van der Waals surface area contributed by atoms with E-state index < -0.39 is 10.0 Å². The summed E-state index contributed by atoms with van der Waals surface area (Å²) in [7, 11) is -1.50. The Morgan fingerprint density at radius 3 is 2.76 bits per heavy atom. The van der Waals surface area contributed by atoms with Crippen LogP contribution < -0.4 is 5.32 Å². The second-order valence-electron chi connectivity index (χ2n) is 4.44. The average Bonchev–Trinajstić information content (AvgIpc) is 2.30. The smallest absolute Gasteiger partial charge is 0.215 e. The van der Waals surface area contributed by atoms with Gasteiger partial charge in [0.05, 0.1) is 11.9 Å². The fourth-order valence-electron chi connectivity index (χ4n) is 1.89. The van der Waals surface area contributed by atoms with Crippen molar-refractivity contribution in [2.45, 2.75) is 32.3 Å². The molecule has 1 atom stereocenters. The number of nitrogens with one attached hydrogen (secondary N) is 1. The van der Waals surface area contributed by atoms with Crippen LogP contribution in [0.25, 0.3) is 0 Å². The van der Waals surface area contributed by atoms with E-state index in [0.29, 0.717) is 13.1 Å². The Labute approximate surface area is 105 Å². The lowest BCUT2D eigenvalue weighted by atomic mass is 10.1. The molecule has 0 spiro atoms. The molecule has 0 radical (unpaired) electrons. The van der Waals surface area contributed by atoms with Crippen LogP contribution in [-0.4, -0.2) is 57.9 Å². The van der Waals surface area contributed by atoms with Crippen LogP contribution in [0.1, 0.15) is 26.2 Å². The summed E-state index contributed by atoms with van der Waals surface area (Å²) < 4.78 is 30.8. The third kappa shape index (κ3) is 5.33. The summed E-state index contributed by atoms with van der Waals surface area (Å²) in [6, 6.07) is 0. The summed E-state index contributed by atoms with van der Waals surface area (Å²) in [6.45, 7) is 4.51. The van der Waals surface area contributed by atoms with Crippen LogP contribution in [0.3, 0.4) is 0 Å². The van der Waals surface area contributed by atoms with Gasteiger partial charge in [-0.25, -0.2) is 12.7 Å². The fraction of sp³-hybridized carbons (Fsp3) is 1.00. The molecule has 0 amide bonds. The predicted molar refractivity (Wildman–Crippen MR) is 68.6 cm³/mol. The summed E-state index contributed by atoms with van der Waals surface area (Å²) >= 11 is 0. The monoisotopic (exact) mass is 264 g/mol. The van der Waals surface area contributed by atoms with Crippen molar-refractivity contribution in [2.24, 2.45) is 0 Å². The fourth-order valence-corrected chi connectivity index (χ4v) is 2.99. The van der Waals surface area contributed by atoms with Gasteiger partial charge in [-0.15, -0.1) is 0 Å². The van der Waals surface area contributed by atoms with Gasteiger partial charge in [0.2, 0.25) is 10.0 Å². The molecule has 5 nitrogen and oxygen atoms in total. The highest BCUT2D eigenvalue weighted by Gasteiger charge is 2.23. The Morgan fingerprint density at radius 1 is 1.41 bits per heavy atom. The van der Waals surface area contributed by atoms with Crippen molar-refractivity contribution >= 4 is 10.0 Å². The maximum atomic E-state index is 11.9. The van der Waals surface area contributed by atoms with Gasteiger partial charge in [0.25, 0.3) is 0 Å².